The lowest BCUT2D eigenvalue weighted by atomic mass is 10.2. The molecule has 0 radical (unpaired) electrons. The monoisotopic (exact) mass is 271 g/mol. The molecule has 7 heteroatoms. The van der Waals surface area contributed by atoms with Gasteiger partial charge in [0.2, 0.25) is 0 Å². The number of aliphatic carboxylic acids is 1. The van der Waals surface area contributed by atoms with E-state index in [0.29, 0.717) is 18.7 Å². The van der Waals surface area contributed by atoms with Crippen LogP contribution in [0.25, 0.3) is 0 Å². The molecule has 0 saturated carbocycles. The molecule has 0 aromatic carbocycles. The number of nitrogens with zero attached hydrogens (tertiary/aromatic N) is 1. The van der Waals surface area contributed by atoms with Gasteiger partial charge < -0.3 is 15.7 Å². The zero-order valence-corrected chi connectivity index (χ0v) is 11.2. The predicted molar refractivity (Wildman–Crippen MR) is 69.9 cm³/mol. The number of carboxylic acids is 1. The van der Waals surface area contributed by atoms with E-state index in [9.17, 15) is 9.59 Å². The summed E-state index contributed by atoms with van der Waals surface area (Å²) in [5.74, 6) is -1.15. The smallest absolute Gasteiger partial charge is 0.326 e. The summed E-state index contributed by atoms with van der Waals surface area (Å²) in [5, 5.41) is 22.8. The lowest BCUT2D eigenvalue weighted by molar-refractivity contribution is -0.141. The Kier molecular flexibility index (Phi) is 8.49. The molecule has 1 atom stereocenters. The molecule has 0 heterocycles. The number of rotatable bonds is 8. The molecule has 3 N–H and O–H groups in total. The maximum absolute atomic E-state index is 11.6. The molecule has 1 unspecified atom stereocenters. The van der Waals surface area contributed by atoms with Gasteiger partial charge in [0.05, 0.1) is 0 Å². The van der Waals surface area contributed by atoms with Crippen LogP contribution in [0.15, 0.2) is 11.8 Å². The van der Waals surface area contributed by atoms with E-state index in [1.54, 1.807) is 6.07 Å². The highest BCUT2D eigenvalue weighted by Crippen LogP contribution is 2.02. The van der Waals surface area contributed by atoms with Gasteiger partial charge in [0.25, 0.3) is 5.91 Å². The van der Waals surface area contributed by atoms with Gasteiger partial charge >= 0.3 is 5.97 Å². The van der Waals surface area contributed by atoms with Crippen molar-refractivity contribution in [2.45, 2.75) is 19.4 Å². The molecule has 0 aliphatic rings. The van der Waals surface area contributed by atoms with Crippen molar-refractivity contribution in [3.05, 3.63) is 11.8 Å². The first-order valence-electron chi connectivity index (χ1n) is 5.43. The lowest BCUT2D eigenvalue weighted by Crippen LogP contribution is -2.41. The van der Waals surface area contributed by atoms with Crippen molar-refractivity contribution in [1.82, 2.24) is 10.6 Å². The normalized spacial score (nSPS) is 12.4. The van der Waals surface area contributed by atoms with Gasteiger partial charge in [0.15, 0.2) is 0 Å². The summed E-state index contributed by atoms with van der Waals surface area (Å²) >= 11 is 1.50. The number of hydrogen-bond donors (Lipinski definition) is 3. The minimum Gasteiger partial charge on any atom is -0.480 e. The van der Waals surface area contributed by atoms with Crippen LogP contribution in [-0.4, -0.2) is 41.6 Å². The van der Waals surface area contributed by atoms with Crippen molar-refractivity contribution in [2.24, 2.45) is 0 Å². The Morgan fingerprint density at radius 2 is 2.22 bits per heavy atom. The standard InChI is InChI=1S/C11H17N3O3S/c1-3-13-7-8(6-12)10(15)14-9(11(16)17)4-5-18-2/h7,9,13H,3-5H2,1-2H3,(H,14,15)(H,16,17)/b8-7-. The highest BCUT2D eigenvalue weighted by Gasteiger charge is 2.21. The van der Waals surface area contributed by atoms with Gasteiger partial charge in [-0.3, -0.25) is 4.79 Å². The van der Waals surface area contributed by atoms with Crippen molar-refractivity contribution in [2.75, 3.05) is 18.6 Å². The summed E-state index contributed by atoms with van der Waals surface area (Å²) in [7, 11) is 0. The third-order valence-corrected chi connectivity index (χ3v) is 2.67. The van der Waals surface area contributed by atoms with Crippen molar-refractivity contribution in [3.63, 3.8) is 0 Å². The summed E-state index contributed by atoms with van der Waals surface area (Å²) in [6, 6.07) is 0.756. The molecule has 0 saturated heterocycles. The number of hydrogen-bond acceptors (Lipinski definition) is 5. The second kappa shape index (κ2) is 9.36. The van der Waals surface area contributed by atoms with Crippen LogP contribution >= 0.6 is 11.8 Å². The highest BCUT2D eigenvalue weighted by atomic mass is 32.2. The predicted octanol–water partition coefficient (Wildman–Crippen LogP) is 0.326. The Balaban J connectivity index is 4.57. The molecule has 100 valence electrons. The zero-order valence-electron chi connectivity index (χ0n) is 10.4. The molecule has 6 nitrogen and oxygen atoms in total. The molecular weight excluding hydrogens is 254 g/mol. The van der Waals surface area contributed by atoms with E-state index in [1.807, 2.05) is 13.2 Å². The van der Waals surface area contributed by atoms with E-state index in [1.165, 1.54) is 18.0 Å². The van der Waals surface area contributed by atoms with E-state index in [4.69, 9.17) is 10.4 Å². The Labute approximate surface area is 110 Å². The fraction of sp³-hybridized carbons (Fsp3) is 0.545. The first kappa shape index (κ1) is 16.3. The van der Waals surface area contributed by atoms with Crippen LogP contribution in [0.2, 0.25) is 0 Å². The maximum atomic E-state index is 11.6. The Morgan fingerprint density at radius 1 is 1.56 bits per heavy atom. The second-order valence-electron chi connectivity index (χ2n) is 3.37. The molecule has 1 amide bonds. The van der Waals surface area contributed by atoms with E-state index >= 15 is 0 Å². The molecule has 0 fully saturated rings. The number of amides is 1. The van der Waals surface area contributed by atoms with E-state index in [0.717, 1.165) is 0 Å². The van der Waals surface area contributed by atoms with Gasteiger partial charge in [0.1, 0.15) is 17.7 Å². The van der Waals surface area contributed by atoms with Crippen LogP contribution in [0, 0.1) is 11.3 Å². The number of thioether (sulfide) groups is 1. The maximum Gasteiger partial charge on any atom is 0.326 e. The molecule has 18 heavy (non-hydrogen) atoms. The lowest BCUT2D eigenvalue weighted by Gasteiger charge is -2.13. The van der Waals surface area contributed by atoms with E-state index < -0.39 is 17.9 Å². The average molecular weight is 271 g/mol. The summed E-state index contributed by atoms with van der Waals surface area (Å²) in [5.41, 5.74) is -0.132. The van der Waals surface area contributed by atoms with Crippen molar-refractivity contribution >= 4 is 23.6 Å². The number of carbonyl (C=O) groups excluding carboxylic acids is 1. The first-order chi connectivity index (χ1) is 8.56. The summed E-state index contributed by atoms with van der Waals surface area (Å²) in [6.45, 7) is 2.40. The summed E-state index contributed by atoms with van der Waals surface area (Å²) in [6.07, 6.45) is 3.46. The quantitative estimate of drug-likeness (QED) is 0.434. The van der Waals surface area contributed by atoms with Crippen LogP contribution < -0.4 is 10.6 Å². The number of nitriles is 1. The Hall–Kier alpha value is -1.68. The van der Waals surface area contributed by atoms with Gasteiger partial charge in [-0.05, 0) is 25.4 Å². The van der Waals surface area contributed by atoms with Crippen LogP contribution in [0.3, 0.4) is 0 Å². The summed E-state index contributed by atoms with van der Waals surface area (Å²) in [4.78, 5) is 22.6. The van der Waals surface area contributed by atoms with Gasteiger partial charge in [-0.2, -0.15) is 17.0 Å². The van der Waals surface area contributed by atoms with Gasteiger partial charge in [-0.25, -0.2) is 4.79 Å². The minimum atomic E-state index is -1.10. The average Bonchev–Trinajstić information content (AvgIpc) is 2.34. The van der Waals surface area contributed by atoms with Crippen LogP contribution in [0.5, 0.6) is 0 Å². The van der Waals surface area contributed by atoms with Gasteiger partial charge in [-0.15, -0.1) is 0 Å². The fourth-order valence-corrected chi connectivity index (χ4v) is 1.55. The third kappa shape index (κ3) is 6.15. The van der Waals surface area contributed by atoms with Crippen LogP contribution in [0.1, 0.15) is 13.3 Å². The molecule has 0 bridgehead atoms. The molecule has 0 aliphatic heterocycles. The van der Waals surface area contributed by atoms with Crippen molar-refractivity contribution in [3.8, 4) is 6.07 Å². The Bertz CT molecular complexity index is 363. The zero-order chi connectivity index (χ0) is 14.0. The molecular formula is C11H17N3O3S. The van der Waals surface area contributed by atoms with Crippen molar-refractivity contribution < 1.29 is 14.7 Å². The number of carbonyl (C=O) groups is 2. The van der Waals surface area contributed by atoms with E-state index in [2.05, 4.69) is 10.6 Å². The second-order valence-corrected chi connectivity index (χ2v) is 4.36. The third-order valence-electron chi connectivity index (χ3n) is 2.03. The highest BCUT2D eigenvalue weighted by molar-refractivity contribution is 7.98. The fourth-order valence-electron chi connectivity index (χ4n) is 1.08. The summed E-state index contributed by atoms with van der Waals surface area (Å²) < 4.78 is 0. The minimum absolute atomic E-state index is 0.132. The molecule has 0 aromatic heterocycles. The van der Waals surface area contributed by atoms with Crippen molar-refractivity contribution in [1.29, 1.82) is 5.26 Å². The molecule has 0 rings (SSSR count). The van der Waals surface area contributed by atoms with Gasteiger partial charge in [0, 0.05) is 12.7 Å². The SMILES string of the molecule is CCN/C=C(/C#N)C(=O)NC(CCSC)C(=O)O. The van der Waals surface area contributed by atoms with Gasteiger partial charge in [-0.1, -0.05) is 0 Å². The number of carboxylic acid groups (broad SMARTS) is 1. The molecule has 0 aliphatic carbocycles. The number of nitrogens with one attached hydrogen (secondary N) is 2. The van der Waals surface area contributed by atoms with Crippen LogP contribution in [0.4, 0.5) is 0 Å². The largest absolute Gasteiger partial charge is 0.480 e. The molecule has 0 spiro atoms. The Morgan fingerprint density at radius 3 is 2.67 bits per heavy atom. The van der Waals surface area contributed by atoms with Crippen LogP contribution in [-0.2, 0) is 9.59 Å². The molecule has 0 aromatic rings. The van der Waals surface area contributed by atoms with E-state index in [-0.39, 0.29) is 5.57 Å². The first-order valence-corrected chi connectivity index (χ1v) is 6.82. The topological polar surface area (TPSA) is 102 Å².